The number of hydrogen-bond acceptors (Lipinski definition) is 3. The fourth-order valence-electron chi connectivity index (χ4n) is 1.64. The van der Waals surface area contributed by atoms with E-state index in [9.17, 15) is 4.79 Å². The Labute approximate surface area is 85.2 Å². The number of rotatable bonds is 5. The molecule has 0 saturated carbocycles. The van der Waals surface area contributed by atoms with Gasteiger partial charge in [0.25, 0.3) is 5.91 Å². The molecule has 1 aliphatic heterocycles. The summed E-state index contributed by atoms with van der Waals surface area (Å²) in [6.45, 7) is 5.16. The third kappa shape index (κ3) is 2.45. The molecule has 1 amide bonds. The van der Waals surface area contributed by atoms with Gasteiger partial charge in [0.2, 0.25) is 0 Å². The first-order valence-corrected chi connectivity index (χ1v) is 5.11. The predicted molar refractivity (Wildman–Crippen MR) is 52.8 cm³/mol. The van der Waals surface area contributed by atoms with Crippen LogP contribution in [0.25, 0.3) is 0 Å². The molecule has 4 heteroatoms. The van der Waals surface area contributed by atoms with Gasteiger partial charge in [-0.2, -0.15) is 0 Å². The summed E-state index contributed by atoms with van der Waals surface area (Å²) in [6, 6.07) is 0.318. The van der Waals surface area contributed by atoms with E-state index >= 15 is 0 Å². The Morgan fingerprint density at radius 3 is 2.93 bits per heavy atom. The van der Waals surface area contributed by atoms with E-state index in [4.69, 9.17) is 9.47 Å². The Kier molecular flexibility index (Phi) is 4.35. The van der Waals surface area contributed by atoms with Crippen molar-refractivity contribution in [2.75, 3.05) is 20.4 Å². The van der Waals surface area contributed by atoms with Crippen LogP contribution in [-0.2, 0) is 14.3 Å². The van der Waals surface area contributed by atoms with Gasteiger partial charge >= 0.3 is 0 Å². The SMILES string of the molecule is CC[C@H](C)N1CC[C@H](OCOC)C1=O. The highest BCUT2D eigenvalue weighted by Crippen LogP contribution is 2.18. The van der Waals surface area contributed by atoms with Gasteiger partial charge < -0.3 is 14.4 Å². The first-order valence-electron chi connectivity index (χ1n) is 5.11. The van der Waals surface area contributed by atoms with Gasteiger partial charge in [-0.05, 0) is 13.3 Å². The van der Waals surface area contributed by atoms with Crippen LogP contribution >= 0.6 is 0 Å². The molecule has 14 heavy (non-hydrogen) atoms. The van der Waals surface area contributed by atoms with E-state index in [-0.39, 0.29) is 18.8 Å². The van der Waals surface area contributed by atoms with Gasteiger partial charge in [0.05, 0.1) is 0 Å². The molecule has 0 bridgehead atoms. The first-order chi connectivity index (χ1) is 6.70. The van der Waals surface area contributed by atoms with Crippen LogP contribution in [-0.4, -0.2) is 43.4 Å². The van der Waals surface area contributed by atoms with Crippen molar-refractivity contribution in [3.8, 4) is 0 Å². The van der Waals surface area contributed by atoms with E-state index in [1.54, 1.807) is 7.11 Å². The minimum atomic E-state index is -0.288. The van der Waals surface area contributed by atoms with Crippen molar-refractivity contribution < 1.29 is 14.3 Å². The molecule has 1 aliphatic rings. The van der Waals surface area contributed by atoms with Crippen molar-refractivity contribution in [2.24, 2.45) is 0 Å². The molecule has 1 heterocycles. The van der Waals surface area contributed by atoms with Crippen LogP contribution in [0.1, 0.15) is 26.7 Å². The zero-order valence-electron chi connectivity index (χ0n) is 9.16. The third-order valence-corrected chi connectivity index (χ3v) is 2.70. The summed E-state index contributed by atoms with van der Waals surface area (Å²) in [5, 5.41) is 0. The zero-order chi connectivity index (χ0) is 10.6. The quantitative estimate of drug-likeness (QED) is 0.623. The topological polar surface area (TPSA) is 38.8 Å². The predicted octanol–water partition coefficient (Wildman–Crippen LogP) is 1.01. The van der Waals surface area contributed by atoms with Gasteiger partial charge in [0.1, 0.15) is 12.9 Å². The summed E-state index contributed by atoms with van der Waals surface area (Å²) in [6.07, 6.45) is 1.49. The molecule has 0 unspecified atom stereocenters. The van der Waals surface area contributed by atoms with E-state index in [0.29, 0.717) is 6.04 Å². The molecule has 1 fully saturated rings. The molecule has 0 N–H and O–H groups in total. The maximum Gasteiger partial charge on any atom is 0.252 e. The van der Waals surface area contributed by atoms with Gasteiger partial charge in [-0.3, -0.25) is 4.79 Å². The lowest BCUT2D eigenvalue weighted by molar-refractivity contribution is -0.145. The molecule has 0 aromatic heterocycles. The molecule has 4 nitrogen and oxygen atoms in total. The van der Waals surface area contributed by atoms with Crippen LogP contribution < -0.4 is 0 Å². The van der Waals surface area contributed by atoms with Crippen LogP contribution in [0, 0.1) is 0 Å². The zero-order valence-corrected chi connectivity index (χ0v) is 9.16. The van der Waals surface area contributed by atoms with E-state index in [1.165, 1.54) is 0 Å². The summed E-state index contributed by atoms with van der Waals surface area (Å²) < 4.78 is 10.1. The second-order valence-corrected chi connectivity index (χ2v) is 3.64. The maximum absolute atomic E-state index is 11.8. The van der Waals surface area contributed by atoms with E-state index < -0.39 is 0 Å². The van der Waals surface area contributed by atoms with Crippen LogP contribution in [0.3, 0.4) is 0 Å². The van der Waals surface area contributed by atoms with Crippen molar-refractivity contribution in [1.82, 2.24) is 4.90 Å². The standard InChI is InChI=1S/C10H19NO3/c1-4-8(2)11-6-5-9(10(11)12)14-7-13-3/h8-9H,4-7H2,1-3H3/t8-,9-/m0/s1. The largest absolute Gasteiger partial charge is 0.359 e. The third-order valence-electron chi connectivity index (χ3n) is 2.70. The molecule has 82 valence electrons. The second kappa shape index (κ2) is 5.32. The van der Waals surface area contributed by atoms with Gasteiger partial charge in [0.15, 0.2) is 0 Å². The van der Waals surface area contributed by atoms with E-state index in [1.807, 2.05) is 4.90 Å². The van der Waals surface area contributed by atoms with Gasteiger partial charge in [-0.25, -0.2) is 0 Å². The molecule has 0 aromatic rings. The monoisotopic (exact) mass is 201 g/mol. The summed E-state index contributed by atoms with van der Waals surface area (Å²) >= 11 is 0. The second-order valence-electron chi connectivity index (χ2n) is 3.64. The summed E-state index contributed by atoms with van der Waals surface area (Å²) in [5.74, 6) is 0.108. The number of carbonyl (C=O) groups excluding carboxylic acids is 1. The Hall–Kier alpha value is -0.610. The first kappa shape index (κ1) is 11.5. The molecule has 0 radical (unpaired) electrons. The van der Waals surface area contributed by atoms with Crippen molar-refractivity contribution in [1.29, 1.82) is 0 Å². The molecule has 0 spiro atoms. The van der Waals surface area contributed by atoms with Crippen molar-refractivity contribution >= 4 is 5.91 Å². The fourth-order valence-corrected chi connectivity index (χ4v) is 1.64. The lowest BCUT2D eigenvalue weighted by Crippen LogP contribution is -2.37. The van der Waals surface area contributed by atoms with E-state index in [0.717, 1.165) is 19.4 Å². The molecular formula is C10H19NO3. The van der Waals surface area contributed by atoms with Gasteiger partial charge in [0, 0.05) is 26.1 Å². The number of amides is 1. The average molecular weight is 201 g/mol. The van der Waals surface area contributed by atoms with Crippen LogP contribution in [0.15, 0.2) is 0 Å². The van der Waals surface area contributed by atoms with E-state index in [2.05, 4.69) is 13.8 Å². The van der Waals surface area contributed by atoms with Crippen LogP contribution in [0.2, 0.25) is 0 Å². The molecular weight excluding hydrogens is 182 g/mol. The van der Waals surface area contributed by atoms with Crippen LogP contribution in [0.5, 0.6) is 0 Å². The smallest absolute Gasteiger partial charge is 0.252 e. The number of likely N-dealkylation sites (tertiary alicyclic amines) is 1. The summed E-state index contributed by atoms with van der Waals surface area (Å²) in [7, 11) is 1.56. The lowest BCUT2D eigenvalue weighted by Gasteiger charge is -2.23. The highest BCUT2D eigenvalue weighted by molar-refractivity contribution is 5.83. The van der Waals surface area contributed by atoms with Crippen molar-refractivity contribution in [3.63, 3.8) is 0 Å². The molecule has 1 rings (SSSR count). The Balaban J connectivity index is 2.43. The lowest BCUT2D eigenvalue weighted by atomic mass is 10.2. The number of methoxy groups -OCH3 is 1. The van der Waals surface area contributed by atoms with Gasteiger partial charge in [-0.15, -0.1) is 0 Å². The number of hydrogen-bond donors (Lipinski definition) is 0. The highest BCUT2D eigenvalue weighted by Gasteiger charge is 2.34. The Morgan fingerprint density at radius 1 is 1.64 bits per heavy atom. The molecule has 1 saturated heterocycles. The highest BCUT2D eigenvalue weighted by atomic mass is 16.7. The molecule has 0 aromatic carbocycles. The van der Waals surface area contributed by atoms with Crippen molar-refractivity contribution in [2.45, 2.75) is 38.8 Å². The number of ether oxygens (including phenoxy) is 2. The fraction of sp³-hybridized carbons (Fsp3) is 0.900. The Bertz CT molecular complexity index is 196. The molecule has 2 atom stereocenters. The average Bonchev–Trinajstić information content (AvgIpc) is 2.56. The van der Waals surface area contributed by atoms with Crippen molar-refractivity contribution in [3.05, 3.63) is 0 Å². The normalized spacial score (nSPS) is 24.4. The summed E-state index contributed by atoms with van der Waals surface area (Å²) in [4.78, 5) is 13.6. The molecule has 0 aliphatic carbocycles. The number of nitrogens with zero attached hydrogens (tertiary/aromatic N) is 1. The minimum Gasteiger partial charge on any atom is -0.359 e. The summed E-state index contributed by atoms with van der Waals surface area (Å²) in [5.41, 5.74) is 0. The maximum atomic E-state index is 11.8. The van der Waals surface area contributed by atoms with Gasteiger partial charge in [-0.1, -0.05) is 6.92 Å². The Morgan fingerprint density at radius 2 is 2.36 bits per heavy atom. The van der Waals surface area contributed by atoms with Crippen LogP contribution in [0.4, 0.5) is 0 Å². The number of carbonyl (C=O) groups is 1. The minimum absolute atomic E-state index is 0.108.